The van der Waals surface area contributed by atoms with Crippen LogP contribution in [0.25, 0.3) is 10.8 Å². The highest BCUT2D eigenvalue weighted by Crippen LogP contribution is 2.22. The molecule has 1 N–H and O–H groups in total. The molecule has 0 atom stereocenters. The zero-order valence-corrected chi connectivity index (χ0v) is 14.8. The van der Waals surface area contributed by atoms with Crippen molar-refractivity contribution in [2.24, 2.45) is 0 Å². The number of hydrogen-bond acceptors (Lipinski definition) is 4. The van der Waals surface area contributed by atoms with E-state index in [1.54, 1.807) is 6.20 Å². The van der Waals surface area contributed by atoms with Crippen molar-refractivity contribution in [2.45, 2.75) is 12.1 Å². The van der Waals surface area contributed by atoms with Gasteiger partial charge in [0.1, 0.15) is 5.69 Å². The molecule has 0 aliphatic heterocycles. The maximum atomic E-state index is 12.5. The molecule has 0 saturated heterocycles. The van der Waals surface area contributed by atoms with Crippen LogP contribution >= 0.6 is 27.7 Å². The molecule has 3 aromatic rings. The zero-order chi connectivity index (χ0) is 16.2. The van der Waals surface area contributed by atoms with Crippen LogP contribution in [-0.4, -0.2) is 21.6 Å². The fourth-order valence-electron chi connectivity index (χ4n) is 2.17. The lowest BCUT2D eigenvalue weighted by atomic mass is 10.1. The number of nitrogens with one attached hydrogen (secondary N) is 1. The van der Waals surface area contributed by atoms with Gasteiger partial charge in [-0.15, -0.1) is 0 Å². The average molecular weight is 388 g/mol. The second-order valence-corrected chi connectivity index (χ2v) is 6.88. The maximum absolute atomic E-state index is 12.5. The molecule has 2 aromatic carbocycles. The lowest BCUT2D eigenvalue weighted by Gasteiger charge is -2.08. The molecule has 0 saturated carbocycles. The van der Waals surface area contributed by atoms with Gasteiger partial charge in [-0.05, 0) is 44.6 Å². The van der Waals surface area contributed by atoms with Gasteiger partial charge < -0.3 is 5.32 Å². The smallest absolute Gasteiger partial charge is 0.275 e. The van der Waals surface area contributed by atoms with Gasteiger partial charge in [-0.3, -0.25) is 4.79 Å². The van der Waals surface area contributed by atoms with Gasteiger partial charge in [0.05, 0.1) is 4.47 Å². The summed E-state index contributed by atoms with van der Waals surface area (Å²) in [5, 5.41) is 5.70. The summed E-state index contributed by atoms with van der Waals surface area (Å²) in [5.74, 6) is 0.598. The summed E-state index contributed by atoms with van der Waals surface area (Å²) < 4.78 is 0.580. The van der Waals surface area contributed by atoms with Gasteiger partial charge in [-0.25, -0.2) is 9.97 Å². The summed E-state index contributed by atoms with van der Waals surface area (Å²) in [6.07, 6.45) is 1.61. The second-order valence-electron chi connectivity index (χ2n) is 4.80. The summed E-state index contributed by atoms with van der Waals surface area (Å²) in [5.41, 5.74) is 1.08. The monoisotopic (exact) mass is 387 g/mol. The first-order chi connectivity index (χ1) is 11.2. The molecule has 1 heterocycles. The fraction of sp³-hybridized carbons (Fsp3) is 0.118. The summed E-state index contributed by atoms with van der Waals surface area (Å²) in [6, 6.07) is 13.8. The standard InChI is InChI=1S/C17H14BrN3OS/c1-2-23-17-19-10-14(18)15(21-17)16(22)20-13-8-7-11-5-3-4-6-12(11)9-13/h3-10H,2H2,1H3,(H,20,22). The second kappa shape index (κ2) is 7.10. The highest BCUT2D eigenvalue weighted by molar-refractivity contribution is 9.10. The SMILES string of the molecule is CCSc1ncc(Br)c(C(=O)Nc2ccc3ccccc3c2)n1. The van der Waals surface area contributed by atoms with Gasteiger partial charge in [0.15, 0.2) is 5.16 Å². The predicted molar refractivity (Wildman–Crippen MR) is 98.0 cm³/mol. The molecule has 0 radical (unpaired) electrons. The summed E-state index contributed by atoms with van der Waals surface area (Å²) >= 11 is 4.84. The van der Waals surface area contributed by atoms with E-state index in [0.29, 0.717) is 15.3 Å². The Bertz CT molecular complexity index is 869. The minimum Gasteiger partial charge on any atom is -0.321 e. The van der Waals surface area contributed by atoms with Crippen LogP contribution in [0.2, 0.25) is 0 Å². The summed E-state index contributed by atoms with van der Waals surface area (Å²) in [7, 11) is 0. The molecular weight excluding hydrogens is 374 g/mol. The van der Waals surface area contributed by atoms with Crippen molar-refractivity contribution in [2.75, 3.05) is 11.1 Å². The minimum atomic E-state index is -0.257. The largest absolute Gasteiger partial charge is 0.321 e. The van der Waals surface area contributed by atoms with Crippen molar-refractivity contribution in [1.29, 1.82) is 0 Å². The van der Waals surface area contributed by atoms with Crippen molar-refractivity contribution in [3.05, 3.63) is 58.8 Å². The highest BCUT2D eigenvalue weighted by Gasteiger charge is 2.14. The number of anilines is 1. The molecule has 0 bridgehead atoms. The van der Waals surface area contributed by atoms with Gasteiger partial charge >= 0.3 is 0 Å². The van der Waals surface area contributed by atoms with Gasteiger partial charge in [0, 0.05) is 11.9 Å². The van der Waals surface area contributed by atoms with Crippen molar-refractivity contribution in [1.82, 2.24) is 9.97 Å². The minimum absolute atomic E-state index is 0.257. The van der Waals surface area contributed by atoms with E-state index in [-0.39, 0.29) is 5.91 Å². The van der Waals surface area contributed by atoms with E-state index in [4.69, 9.17) is 0 Å². The molecular formula is C17H14BrN3OS. The number of halogens is 1. The summed E-state index contributed by atoms with van der Waals surface area (Å²) in [4.78, 5) is 21.0. The first kappa shape index (κ1) is 16.0. The topological polar surface area (TPSA) is 54.9 Å². The van der Waals surface area contributed by atoms with E-state index in [1.807, 2.05) is 49.4 Å². The van der Waals surface area contributed by atoms with Crippen LogP contribution < -0.4 is 5.32 Å². The van der Waals surface area contributed by atoms with Gasteiger partial charge in [0.2, 0.25) is 0 Å². The van der Waals surface area contributed by atoms with Crippen LogP contribution in [0.3, 0.4) is 0 Å². The molecule has 0 spiro atoms. The van der Waals surface area contributed by atoms with Crippen molar-refractivity contribution in [3.63, 3.8) is 0 Å². The van der Waals surface area contributed by atoms with Crippen LogP contribution in [0.5, 0.6) is 0 Å². The van der Waals surface area contributed by atoms with E-state index < -0.39 is 0 Å². The molecule has 0 unspecified atom stereocenters. The summed E-state index contributed by atoms with van der Waals surface area (Å²) in [6.45, 7) is 2.02. The zero-order valence-electron chi connectivity index (χ0n) is 12.4. The molecule has 0 aliphatic rings. The number of rotatable bonds is 4. The van der Waals surface area contributed by atoms with Crippen LogP contribution in [0.4, 0.5) is 5.69 Å². The molecule has 4 nitrogen and oxygen atoms in total. The first-order valence-corrected chi connectivity index (χ1v) is 8.90. The molecule has 1 aromatic heterocycles. The number of nitrogens with zero attached hydrogens (tertiary/aromatic N) is 2. The Morgan fingerprint density at radius 1 is 1.22 bits per heavy atom. The Hall–Kier alpha value is -1.92. The fourth-order valence-corrected chi connectivity index (χ4v) is 3.08. The molecule has 116 valence electrons. The van der Waals surface area contributed by atoms with Gasteiger partial charge in [-0.2, -0.15) is 0 Å². The number of aromatic nitrogens is 2. The molecule has 23 heavy (non-hydrogen) atoms. The number of fused-ring (bicyclic) bond motifs is 1. The first-order valence-electron chi connectivity index (χ1n) is 7.13. The molecule has 6 heteroatoms. The molecule has 1 amide bonds. The Morgan fingerprint density at radius 3 is 2.78 bits per heavy atom. The lowest BCUT2D eigenvalue weighted by molar-refractivity contribution is 0.102. The number of carbonyl (C=O) groups is 1. The van der Waals surface area contributed by atoms with Crippen LogP contribution in [0, 0.1) is 0 Å². The number of hydrogen-bond donors (Lipinski definition) is 1. The molecule has 3 rings (SSSR count). The third kappa shape index (κ3) is 3.71. The predicted octanol–water partition coefficient (Wildman–Crippen LogP) is 4.76. The van der Waals surface area contributed by atoms with Gasteiger partial charge in [-0.1, -0.05) is 49.0 Å². The maximum Gasteiger partial charge on any atom is 0.275 e. The normalized spacial score (nSPS) is 10.7. The van der Waals surface area contributed by atoms with E-state index in [1.165, 1.54) is 11.8 Å². The lowest BCUT2D eigenvalue weighted by Crippen LogP contribution is -2.15. The van der Waals surface area contributed by atoms with E-state index >= 15 is 0 Å². The van der Waals surface area contributed by atoms with Crippen LogP contribution in [0.1, 0.15) is 17.4 Å². The van der Waals surface area contributed by atoms with Crippen molar-refractivity contribution >= 4 is 50.1 Å². The Morgan fingerprint density at radius 2 is 2.00 bits per heavy atom. The van der Waals surface area contributed by atoms with Gasteiger partial charge in [0.25, 0.3) is 5.91 Å². The van der Waals surface area contributed by atoms with E-state index in [2.05, 4.69) is 31.2 Å². The third-order valence-electron chi connectivity index (χ3n) is 3.22. The van der Waals surface area contributed by atoms with Crippen LogP contribution in [-0.2, 0) is 0 Å². The van der Waals surface area contributed by atoms with E-state index in [0.717, 1.165) is 22.2 Å². The number of thioether (sulfide) groups is 1. The average Bonchev–Trinajstić information content (AvgIpc) is 2.56. The molecule has 0 aliphatic carbocycles. The highest BCUT2D eigenvalue weighted by atomic mass is 79.9. The van der Waals surface area contributed by atoms with E-state index in [9.17, 15) is 4.79 Å². The number of benzene rings is 2. The quantitative estimate of drug-likeness (QED) is 0.517. The third-order valence-corrected chi connectivity index (χ3v) is 4.54. The Balaban J connectivity index is 1.86. The number of amides is 1. The van der Waals surface area contributed by atoms with Crippen LogP contribution in [0.15, 0.2) is 58.3 Å². The Labute approximate surface area is 146 Å². The molecule has 0 fully saturated rings. The van der Waals surface area contributed by atoms with Crippen molar-refractivity contribution < 1.29 is 4.79 Å². The number of carbonyl (C=O) groups excluding carboxylic acids is 1. The Kier molecular flexibility index (Phi) is 4.93. The van der Waals surface area contributed by atoms with Crippen molar-refractivity contribution in [3.8, 4) is 0 Å².